The Morgan fingerprint density at radius 1 is 1.33 bits per heavy atom. The lowest BCUT2D eigenvalue weighted by atomic mass is 10.1. The van der Waals surface area contributed by atoms with Gasteiger partial charge in [-0.2, -0.15) is 0 Å². The van der Waals surface area contributed by atoms with Crippen LogP contribution in [0, 0.1) is 0 Å². The molecule has 2 aromatic rings. The van der Waals surface area contributed by atoms with Gasteiger partial charge in [-0.15, -0.1) is 5.10 Å². The van der Waals surface area contributed by atoms with Crippen LogP contribution in [0.15, 0.2) is 24.3 Å². The number of tetrazole rings is 1. The van der Waals surface area contributed by atoms with Crippen LogP contribution in [0.1, 0.15) is 30.7 Å². The van der Waals surface area contributed by atoms with Crippen molar-refractivity contribution in [1.29, 1.82) is 0 Å². The number of methoxy groups -OCH3 is 1. The van der Waals surface area contributed by atoms with Gasteiger partial charge in [0.25, 0.3) is 0 Å². The molecule has 0 radical (unpaired) electrons. The SMILES string of the molecule is COc1ccccc1Cc1nnnn1CCCCC(=O)O. The second kappa shape index (κ2) is 7.37. The Labute approximate surface area is 122 Å². The van der Waals surface area contributed by atoms with Crippen molar-refractivity contribution in [3.05, 3.63) is 35.7 Å². The number of benzene rings is 1. The number of ether oxygens (including phenoxy) is 1. The number of nitrogens with zero attached hydrogens (tertiary/aromatic N) is 4. The molecule has 0 bridgehead atoms. The minimum Gasteiger partial charge on any atom is -0.496 e. The van der Waals surface area contributed by atoms with E-state index in [1.165, 1.54) is 0 Å². The Morgan fingerprint density at radius 2 is 2.14 bits per heavy atom. The van der Waals surface area contributed by atoms with Crippen molar-refractivity contribution in [1.82, 2.24) is 20.2 Å². The predicted octanol–water partition coefficient (Wildman–Crippen LogP) is 1.53. The van der Waals surface area contributed by atoms with Gasteiger partial charge < -0.3 is 9.84 Å². The number of unbranched alkanes of at least 4 members (excludes halogenated alkanes) is 1. The van der Waals surface area contributed by atoms with E-state index in [0.29, 0.717) is 19.4 Å². The molecule has 2 rings (SSSR count). The fourth-order valence-electron chi connectivity index (χ4n) is 2.08. The largest absolute Gasteiger partial charge is 0.496 e. The topological polar surface area (TPSA) is 90.1 Å². The van der Waals surface area contributed by atoms with Gasteiger partial charge >= 0.3 is 5.97 Å². The van der Waals surface area contributed by atoms with Gasteiger partial charge in [0.15, 0.2) is 5.82 Å². The molecule has 0 saturated heterocycles. The smallest absolute Gasteiger partial charge is 0.303 e. The summed E-state index contributed by atoms with van der Waals surface area (Å²) < 4.78 is 7.03. The molecule has 0 unspecified atom stereocenters. The minimum atomic E-state index is -0.777. The van der Waals surface area contributed by atoms with Gasteiger partial charge in [-0.1, -0.05) is 18.2 Å². The Balaban J connectivity index is 1.98. The highest BCUT2D eigenvalue weighted by molar-refractivity contribution is 5.66. The van der Waals surface area contributed by atoms with Crippen molar-refractivity contribution >= 4 is 5.97 Å². The summed E-state index contributed by atoms with van der Waals surface area (Å²) in [6, 6.07) is 7.73. The number of rotatable bonds is 8. The van der Waals surface area contributed by atoms with Gasteiger partial charge in [0.2, 0.25) is 0 Å². The molecular weight excluding hydrogens is 272 g/mol. The average molecular weight is 290 g/mol. The summed E-state index contributed by atoms with van der Waals surface area (Å²) in [5.74, 6) is 0.772. The molecule has 0 aliphatic carbocycles. The van der Waals surface area contributed by atoms with Gasteiger partial charge in [0.1, 0.15) is 5.75 Å². The molecule has 0 aliphatic heterocycles. The zero-order valence-electron chi connectivity index (χ0n) is 11.9. The first-order valence-corrected chi connectivity index (χ1v) is 6.79. The fourth-order valence-corrected chi connectivity index (χ4v) is 2.08. The van der Waals surface area contributed by atoms with E-state index in [0.717, 1.165) is 23.6 Å². The molecule has 0 saturated carbocycles. The van der Waals surface area contributed by atoms with Crippen LogP contribution in [0.4, 0.5) is 0 Å². The second-order valence-electron chi connectivity index (χ2n) is 4.66. The third-order valence-corrected chi connectivity index (χ3v) is 3.16. The van der Waals surface area contributed by atoms with Crippen LogP contribution in [0.2, 0.25) is 0 Å². The Bertz CT molecular complexity index is 597. The van der Waals surface area contributed by atoms with Gasteiger partial charge in [-0.25, -0.2) is 4.68 Å². The summed E-state index contributed by atoms with van der Waals surface area (Å²) in [6.45, 7) is 0.616. The summed E-state index contributed by atoms with van der Waals surface area (Å²) in [5.41, 5.74) is 1.02. The van der Waals surface area contributed by atoms with Crippen LogP contribution < -0.4 is 4.74 Å². The number of hydrogen-bond acceptors (Lipinski definition) is 5. The van der Waals surface area contributed by atoms with E-state index >= 15 is 0 Å². The lowest BCUT2D eigenvalue weighted by molar-refractivity contribution is -0.137. The molecule has 0 fully saturated rings. The summed E-state index contributed by atoms with van der Waals surface area (Å²) in [6.07, 6.45) is 2.10. The third kappa shape index (κ3) is 4.27. The lowest BCUT2D eigenvalue weighted by Gasteiger charge is -2.08. The number of carboxylic acids is 1. The highest BCUT2D eigenvalue weighted by Crippen LogP contribution is 2.19. The van der Waals surface area contributed by atoms with Crippen LogP contribution in [-0.4, -0.2) is 38.4 Å². The first-order valence-electron chi connectivity index (χ1n) is 6.79. The van der Waals surface area contributed by atoms with Crippen LogP contribution in [0.25, 0.3) is 0 Å². The molecular formula is C14H18N4O3. The predicted molar refractivity (Wildman–Crippen MR) is 75.1 cm³/mol. The minimum absolute atomic E-state index is 0.171. The number of carbonyl (C=O) groups is 1. The number of para-hydroxylation sites is 1. The molecule has 1 heterocycles. The quantitative estimate of drug-likeness (QED) is 0.741. The summed E-state index contributed by atoms with van der Waals surface area (Å²) >= 11 is 0. The maximum atomic E-state index is 10.5. The van der Waals surface area contributed by atoms with Gasteiger partial charge in [0.05, 0.1) is 7.11 Å². The van der Waals surface area contributed by atoms with Crippen molar-refractivity contribution < 1.29 is 14.6 Å². The third-order valence-electron chi connectivity index (χ3n) is 3.16. The molecule has 7 nitrogen and oxygen atoms in total. The van der Waals surface area contributed by atoms with Crippen molar-refractivity contribution in [2.24, 2.45) is 0 Å². The van der Waals surface area contributed by atoms with E-state index in [-0.39, 0.29) is 6.42 Å². The molecule has 112 valence electrons. The van der Waals surface area contributed by atoms with Gasteiger partial charge in [-0.05, 0) is 29.3 Å². The maximum absolute atomic E-state index is 10.5. The zero-order chi connectivity index (χ0) is 15.1. The van der Waals surface area contributed by atoms with Crippen molar-refractivity contribution in [2.75, 3.05) is 7.11 Å². The molecule has 0 spiro atoms. The Morgan fingerprint density at radius 3 is 2.90 bits per heavy atom. The van der Waals surface area contributed by atoms with E-state index < -0.39 is 5.97 Å². The Hall–Kier alpha value is -2.44. The molecule has 21 heavy (non-hydrogen) atoms. The lowest BCUT2D eigenvalue weighted by Crippen LogP contribution is -2.08. The Kier molecular flexibility index (Phi) is 5.25. The summed E-state index contributed by atoms with van der Waals surface area (Å²) in [5, 5.41) is 20.3. The maximum Gasteiger partial charge on any atom is 0.303 e. The summed E-state index contributed by atoms with van der Waals surface area (Å²) in [7, 11) is 1.63. The van der Waals surface area contributed by atoms with Crippen molar-refractivity contribution in [2.45, 2.75) is 32.2 Å². The van der Waals surface area contributed by atoms with Crippen LogP contribution in [0.3, 0.4) is 0 Å². The number of aliphatic carboxylic acids is 1. The highest BCUT2D eigenvalue weighted by Gasteiger charge is 2.10. The van der Waals surface area contributed by atoms with Gasteiger partial charge in [0, 0.05) is 24.9 Å². The van der Waals surface area contributed by atoms with E-state index in [4.69, 9.17) is 9.84 Å². The van der Waals surface area contributed by atoms with Crippen molar-refractivity contribution in [3.63, 3.8) is 0 Å². The molecule has 0 aliphatic rings. The molecule has 0 amide bonds. The summed E-state index contributed by atoms with van der Waals surface area (Å²) in [4.78, 5) is 10.5. The van der Waals surface area contributed by atoms with Crippen LogP contribution >= 0.6 is 0 Å². The average Bonchev–Trinajstić information content (AvgIpc) is 2.91. The van der Waals surface area contributed by atoms with E-state index in [9.17, 15) is 4.79 Å². The molecule has 0 atom stereocenters. The molecule has 7 heteroatoms. The second-order valence-corrected chi connectivity index (χ2v) is 4.66. The van der Waals surface area contributed by atoms with E-state index in [1.807, 2.05) is 24.3 Å². The number of aryl methyl sites for hydroxylation is 1. The molecule has 1 aromatic carbocycles. The van der Waals surface area contributed by atoms with Crippen LogP contribution in [-0.2, 0) is 17.8 Å². The van der Waals surface area contributed by atoms with Crippen molar-refractivity contribution in [3.8, 4) is 5.75 Å². The van der Waals surface area contributed by atoms with Gasteiger partial charge in [-0.3, -0.25) is 4.79 Å². The van der Waals surface area contributed by atoms with E-state index in [2.05, 4.69) is 15.5 Å². The normalized spacial score (nSPS) is 10.5. The fraction of sp³-hybridized carbons (Fsp3) is 0.429. The highest BCUT2D eigenvalue weighted by atomic mass is 16.5. The molecule has 1 aromatic heterocycles. The number of aromatic nitrogens is 4. The molecule has 1 N–H and O–H groups in total. The zero-order valence-corrected chi connectivity index (χ0v) is 11.9. The monoisotopic (exact) mass is 290 g/mol. The van der Waals surface area contributed by atoms with Crippen LogP contribution in [0.5, 0.6) is 5.75 Å². The van der Waals surface area contributed by atoms with E-state index in [1.54, 1.807) is 11.8 Å². The number of hydrogen-bond donors (Lipinski definition) is 1. The standard InChI is InChI=1S/C14H18N4O3/c1-21-12-7-3-2-6-11(12)10-13-15-16-17-18(13)9-5-4-8-14(19)20/h2-3,6-7H,4-5,8-10H2,1H3,(H,19,20). The number of carboxylic acid groups (broad SMARTS) is 1. The first-order chi connectivity index (χ1) is 10.2. The first kappa shape index (κ1) is 15.0.